The molecule has 0 aliphatic carbocycles. The Labute approximate surface area is 224 Å². The molecule has 202 valence electrons. The Morgan fingerprint density at radius 3 is 2.51 bits per heavy atom. The van der Waals surface area contributed by atoms with Crippen molar-refractivity contribution >= 4 is 34.3 Å². The second-order valence-electron chi connectivity index (χ2n) is 9.97. The average molecular weight is 533 g/mol. The van der Waals surface area contributed by atoms with E-state index in [1.165, 1.54) is 6.07 Å². The monoisotopic (exact) mass is 532 g/mol. The number of piperazine rings is 1. The maximum absolute atomic E-state index is 15.1. The molecule has 0 saturated carbocycles. The Balaban J connectivity index is 1.34. The summed E-state index contributed by atoms with van der Waals surface area (Å²) in [5, 5.41) is 3.09. The predicted octanol–water partition coefficient (Wildman–Crippen LogP) is 4.59. The number of nitrogens with one attached hydrogen (secondary N) is 1. The highest BCUT2D eigenvalue weighted by Gasteiger charge is 2.21. The van der Waals surface area contributed by atoms with Crippen molar-refractivity contribution < 1.29 is 8.78 Å². The summed E-state index contributed by atoms with van der Waals surface area (Å²) in [6.07, 6.45) is 6.38. The normalized spacial score (nSPS) is 14.7. The van der Waals surface area contributed by atoms with Gasteiger partial charge < -0.3 is 14.4 Å². The van der Waals surface area contributed by atoms with Gasteiger partial charge in [-0.2, -0.15) is 0 Å². The first-order chi connectivity index (χ1) is 18.8. The molecule has 0 radical (unpaired) electrons. The largest absolute Gasteiger partial charge is 0.365 e. The molecule has 10 nitrogen and oxygen atoms in total. The van der Waals surface area contributed by atoms with Crippen molar-refractivity contribution in [3.8, 4) is 11.3 Å². The van der Waals surface area contributed by atoms with Crippen LogP contribution in [0.2, 0.25) is 0 Å². The molecule has 0 atom stereocenters. The summed E-state index contributed by atoms with van der Waals surface area (Å²) in [6.45, 7) is 12.8. The molecule has 39 heavy (non-hydrogen) atoms. The molecule has 0 unspecified atom stereocenters. The van der Waals surface area contributed by atoms with Crippen LogP contribution in [0.1, 0.15) is 32.6 Å². The van der Waals surface area contributed by atoms with Crippen LogP contribution in [-0.2, 0) is 0 Å². The number of fused-ring (bicyclic) bond motifs is 2. The summed E-state index contributed by atoms with van der Waals surface area (Å²) in [4.78, 5) is 26.7. The molecule has 1 aliphatic heterocycles. The SMILES string of the molecule is CCN1CCN(c2cnc(Nc3ncc(F)c(-c4cc(F)c5nc(C)n(C(C)C)c5c4)n3)n3ccnc23)CC1. The minimum Gasteiger partial charge on any atom is -0.365 e. The maximum atomic E-state index is 15.1. The fraction of sp³-hybridized carbons (Fsp3) is 0.370. The fourth-order valence-electron chi connectivity index (χ4n) is 5.31. The number of hydrogen-bond donors (Lipinski definition) is 1. The molecule has 12 heteroatoms. The number of hydrogen-bond acceptors (Lipinski definition) is 8. The average Bonchev–Trinajstić information content (AvgIpc) is 3.55. The van der Waals surface area contributed by atoms with Crippen LogP contribution < -0.4 is 10.2 Å². The van der Waals surface area contributed by atoms with E-state index in [2.05, 4.69) is 47.0 Å². The number of nitrogens with zero attached hydrogens (tertiary/aromatic N) is 9. The van der Waals surface area contributed by atoms with Crippen LogP contribution in [-0.4, -0.2) is 71.5 Å². The van der Waals surface area contributed by atoms with Gasteiger partial charge in [0.1, 0.15) is 17.0 Å². The number of aromatic nitrogens is 7. The van der Waals surface area contributed by atoms with Gasteiger partial charge in [-0.05, 0) is 39.4 Å². The Kier molecular flexibility index (Phi) is 6.34. The van der Waals surface area contributed by atoms with E-state index in [0.717, 1.165) is 50.3 Å². The number of anilines is 3. The highest BCUT2D eigenvalue weighted by Crippen LogP contribution is 2.31. The lowest BCUT2D eigenvalue weighted by atomic mass is 10.1. The second kappa shape index (κ2) is 9.84. The first-order valence-corrected chi connectivity index (χ1v) is 13.1. The molecule has 1 fully saturated rings. The molecule has 5 aromatic rings. The third-order valence-corrected chi connectivity index (χ3v) is 7.25. The van der Waals surface area contributed by atoms with E-state index >= 15 is 4.39 Å². The van der Waals surface area contributed by atoms with Gasteiger partial charge >= 0.3 is 0 Å². The first-order valence-electron chi connectivity index (χ1n) is 13.1. The lowest BCUT2D eigenvalue weighted by molar-refractivity contribution is 0.271. The van der Waals surface area contributed by atoms with Gasteiger partial charge in [0.25, 0.3) is 0 Å². The number of likely N-dealkylation sites (N-methyl/N-ethyl adjacent to an activating group) is 1. The highest BCUT2D eigenvalue weighted by atomic mass is 19.1. The number of rotatable bonds is 6. The van der Waals surface area contributed by atoms with Gasteiger partial charge in [0.15, 0.2) is 17.3 Å². The zero-order valence-corrected chi connectivity index (χ0v) is 22.4. The van der Waals surface area contributed by atoms with Gasteiger partial charge in [-0.25, -0.2) is 33.7 Å². The molecule has 4 aromatic heterocycles. The highest BCUT2D eigenvalue weighted by molar-refractivity contribution is 5.83. The standard InChI is InChI=1S/C27H30F2N10/c1-5-36-8-10-37(11-9-36)22-15-32-27(38-7-6-30-25(22)38)35-26-31-14-20(29)23(34-26)18-12-19(28)24-21(13-18)39(16(2)3)17(4)33-24/h6-7,12-16H,5,8-11H2,1-4H3,(H,31,32,34,35). The van der Waals surface area contributed by atoms with Crippen molar-refractivity contribution in [2.24, 2.45) is 0 Å². The molecule has 0 bridgehead atoms. The number of halogens is 2. The molecule has 1 saturated heterocycles. The molecule has 5 heterocycles. The quantitative estimate of drug-likeness (QED) is 0.340. The number of imidazole rings is 2. The van der Waals surface area contributed by atoms with Crippen LogP contribution in [0, 0.1) is 18.6 Å². The minimum absolute atomic E-state index is 0.0188. The molecule has 0 amide bonds. The van der Waals surface area contributed by atoms with Crippen molar-refractivity contribution in [3.63, 3.8) is 0 Å². The van der Waals surface area contributed by atoms with Crippen molar-refractivity contribution in [1.29, 1.82) is 0 Å². The Morgan fingerprint density at radius 1 is 0.974 bits per heavy atom. The van der Waals surface area contributed by atoms with Crippen LogP contribution in [0.15, 0.2) is 36.9 Å². The van der Waals surface area contributed by atoms with Crippen LogP contribution in [0.25, 0.3) is 27.9 Å². The fourth-order valence-corrected chi connectivity index (χ4v) is 5.31. The summed E-state index contributed by atoms with van der Waals surface area (Å²) >= 11 is 0. The summed E-state index contributed by atoms with van der Waals surface area (Å²) in [5.41, 5.74) is 2.82. The van der Waals surface area contributed by atoms with E-state index in [0.29, 0.717) is 22.9 Å². The third-order valence-electron chi connectivity index (χ3n) is 7.25. The molecule has 6 rings (SSSR count). The van der Waals surface area contributed by atoms with Gasteiger partial charge in [0, 0.05) is 50.2 Å². The van der Waals surface area contributed by atoms with Crippen LogP contribution in [0.4, 0.5) is 26.4 Å². The van der Waals surface area contributed by atoms with Gasteiger partial charge in [0.05, 0.1) is 23.6 Å². The van der Waals surface area contributed by atoms with Crippen molar-refractivity contribution in [3.05, 3.63) is 54.4 Å². The molecule has 1 aromatic carbocycles. The van der Waals surface area contributed by atoms with Gasteiger partial charge in [-0.15, -0.1) is 0 Å². The summed E-state index contributed by atoms with van der Waals surface area (Å²) in [5.74, 6) is 0.0645. The first kappa shape index (κ1) is 25.1. The van der Waals surface area contributed by atoms with Crippen LogP contribution >= 0.6 is 0 Å². The predicted molar refractivity (Wildman–Crippen MR) is 146 cm³/mol. The van der Waals surface area contributed by atoms with Crippen molar-refractivity contribution in [1.82, 2.24) is 38.8 Å². The van der Waals surface area contributed by atoms with E-state index in [4.69, 9.17) is 0 Å². The Morgan fingerprint density at radius 2 is 1.77 bits per heavy atom. The molecule has 1 N–H and O–H groups in total. The van der Waals surface area contributed by atoms with E-state index in [9.17, 15) is 4.39 Å². The molecule has 0 spiro atoms. The zero-order chi connectivity index (χ0) is 27.3. The van der Waals surface area contributed by atoms with E-state index in [1.807, 2.05) is 29.7 Å². The summed E-state index contributed by atoms with van der Waals surface area (Å²) < 4.78 is 33.8. The molecular formula is C27H30F2N10. The molecule has 1 aliphatic rings. The van der Waals surface area contributed by atoms with E-state index in [1.54, 1.807) is 24.7 Å². The van der Waals surface area contributed by atoms with Crippen LogP contribution in [0.3, 0.4) is 0 Å². The zero-order valence-electron chi connectivity index (χ0n) is 22.4. The van der Waals surface area contributed by atoms with E-state index in [-0.39, 0.29) is 23.2 Å². The Bertz CT molecular complexity index is 1670. The van der Waals surface area contributed by atoms with Crippen molar-refractivity contribution in [2.45, 2.75) is 33.7 Å². The molecular weight excluding hydrogens is 502 g/mol. The maximum Gasteiger partial charge on any atom is 0.230 e. The summed E-state index contributed by atoms with van der Waals surface area (Å²) in [6, 6.07) is 3.03. The van der Waals surface area contributed by atoms with Gasteiger partial charge in [-0.1, -0.05) is 6.92 Å². The topological polar surface area (TPSA) is 92.3 Å². The minimum atomic E-state index is -0.658. The van der Waals surface area contributed by atoms with E-state index < -0.39 is 11.6 Å². The number of benzene rings is 1. The lowest BCUT2D eigenvalue weighted by Crippen LogP contribution is -2.46. The van der Waals surface area contributed by atoms with Crippen molar-refractivity contribution in [2.75, 3.05) is 42.9 Å². The third kappa shape index (κ3) is 4.44. The number of aryl methyl sites for hydroxylation is 1. The van der Waals surface area contributed by atoms with Gasteiger partial charge in [-0.3, -0.25) is 9.72 Å². The lowest BCUT2D eigenvalue weighted by Gasteiger charge is -2.35. The Hall–Kier alpha value is -4.19. The second-order valence-corrected chi connectivity index (χ2v) is 9.97. The van der Waals surface area contributed by atoms with Gasteiger partial charge in [0.2, 0.25) is 11.9 Å². The smallest absolute Gasteiger partial charge is 0.230 e. The summed E-state index contributed by atoms with van der Waals surface area (Å²) in [7, 11) is 0. The van der Waals surface area contributed by atoms with Crippen LogP contribution in [0.5, 0.6) is 0 Å².